The van der Waals surface area contributed by atoms with Crippen LogP contribution in [0.3, 0.4) is 0 Å². The van der Waals surface area contributed by atoms with Crippen LogP contribution in [0, 0.1) is 0 Å². The first-order valence-corrected chi connectivity index (χ1v) is 4.24. The molecule has 1 aromatic heterocycles. The van der Waals surface area contributed by atoms with Gasteiger partial charge in [0.2, 0.25) is 0 Å². The van der Waals surface area contributed by atoms with E-state index in [-0.39, 0.29) is 0 Å². The largest absolute Gasteiger partial charge is 0.384 e. The molecule has 2 heterocycles. The van der Waals surface area contributed by atoms with Gasteiger partial charge < -0.3 is 11.1 Å². The van der Waals surface area contributed by atoms with Gasteiger partial charge in [0.15, 0.2) is 0 Å². The number of nitrogens with zero attached hydrogens (tertiary/aromatic N) is 2. The minimum atomic E-state index is 0.345. The molecule has 0 amide bonds. The second-order valence-corrected chi connectivity index (χ2v) is 3.30. The topological polar surface area (TPSA) is 55.9 Å². The fraction of sp³-hybridized carbons (Fsp3) is 0.625. The minimum Gasteiger partial charge on any atom is -0.384 e. The maximum Gasteiger partial charge on any atom is 0.124 e. The second-order valence-electron chi connectivity index (χ2n) is 3.30. The summed E-state index contributed by atoms with van der Waals surface area (Å²) in [5.41, 5.74) is 8.20. The Hall–Kier alpha value is -1.03. The van der Waals surface area contributed by atoms with Crippen molar-refractivity contribution in [1.82, 2.24) is 15.1 Å². The Bertz CT molecular complexity index is 302. The number of rotatable bonds is 0. The first kappa shape index (κ1) is 7.61. The van der Waals surface area contributed by atoms with Crippen LogP contribution in [0.25, 0.3) is 0 Å². The summed E-state index contributed by atoms with van der Waals surface area (Å²) in [4.78, 5) is 0. The molecule has 1 atom stereocenters. The summed E-state index contributed by atoms with van der Waals surface area (Å²) in [6.45, 7) is 3.12. The Morgan fingerprint density at radius 3 is 3.08 bits per heavy atom. The molecule has 2 rings (SSSR count). The van der Waals surface area contributed by atoms with E-state index < -0.39 is 0 Å². The number of fused-ring (bicyclic) bond motifs is 1. The molecular weight excluding hydrogens is 152 g/mol. The Kier molecular flexibility index (Phi) is 1.58. The molecule has 0 aromatic carbocycles. The fourth-order valence-electron chi connectivity index (χ4n) is 1.72. The highest BCUT2D eigenvalue weighted by atomic mass is 15.3. The molecule has 0 radical (unpaired) electrons. The number of nitrogens with one attached hydrogen (secondary N) is 1. The summed E-state index contributed by atoms with van der Waals surface area (Å²) < 4.78 is 1.76. The summed E-state index contributed by atoms with van der Waals surface area (Å²) in [6.07, 6.45) is 0.999. The van der Waals surface area contributed by atoms with Crippen molar-refractivity contribution in [1.29, 1.82) is 0 Å². The van der Waals surface area contributed by atoms with E-state index in [1.165, 1.54) is 5.56 Å². The van der Waals surface area contributed by atoms with Gasteiger partial charge in [0.1, 0.15) is 5.82 Å². The zero-order valence-corrected chi connectivity index (χ0v) is 7.46. The van der Waals surface area contributed by atoms with Gasteiger partial charge >= 0.3 is 0 Å². The van der Waals surface area contributed by atoms with Crippen LogP contribution in [0.1, 0.15) is 24.2 Å². The smallest absolute Gasteiger partial charge is 0.124 e. The molecule has 1 aliphatic heterocycles. The molecule has 1 aliphatic rings. The molecule has 0 saturated heterocycles. The van der Waals surface area contributed by atoms with Gasteiger partial charge in [-0.25, -0.2) is 0 Å². The number of anilines is 1. The Labute approximate surface area is 71.7 Å². The average molecular weight is 166 g/mol. The van der Waals surface area contributed by atoms with Gasteiger partial charge in [-0.3, -0.25) is 4.68 Å². The van der Waals surface area contributed by atoms with E-state index in [1.54, 1.807) is 4.68 Å². The Morgan fingerprint density at radius 1 is 1.67 bits per heavy atom. The van der Waals surface area contributed by atoms with Gasteiger partial charge in [-0.15, -0.1) is 0 Å². The highest BCUT2D eigenvalue weighted by molar-refractivity contribution is 5.45. The van der Waals surface area contributed by atoms with Crippen molar-refractivity contribution >= 4 is 5.82 Å². The number of aryl methyl sites for hydroxylation is 1. The molecule has 0 saturated carbocycles. The molecule has 1 unspecified atom stereocenters. The first-order valence-electron chi connectivity index (χ1n) is 4.24. The standard InChI is InChI=1S/C8H14N4/c1-5-7-6(3-4-10-5)8(9)12(2)11-7/h5,10H,3-4,9H2,1-2H3. The molecule has 3 N–H and O–H groups in total. The Morgan fingerprint density at radius 2 is 2.42 bits per heavy atom. The van der Waals surface area contributed by atoms with Gasteiger partial charge in [-0.2, -0.15) is 5.10 Å². The lowest BCUT2D eigenvalue weighted by atomic mass is 10.0. The van der Waals surface area contributed by atoms with E-state index in [0.29, 0.717) is 6.04 Å². The van der Waals surface area contributed by atoms with Gasteiger partial charge in [0.25, 0.3) is 0 Å². The lowest BCUT2D eigenvalue weighted by Gasteiger charge is -2.18. The molecule has 0 bridgehead atoms. The van der Waals surface area contributed by atoms with Crippen molar-refractivity contribution in [3.8, 4) is 0 Å². The number of hydrogen-bond acceptors (Lipinski definition) is 3. The van der Waals surface area contributed by atoms with Crippen LogP contribution in [-0.4, -0.2) is 16.3 Å². The molecule has 12 heavy (non-hydrogen) atoms. The zero-order chi connectivity index (χ0) is 8.72. The monoisotopic (exact) mass is 166 g/mol. The van der Waals surface area contributed by atoms with E-state index in [1.807, 2.05) is 7.05 Å². The lowest BCUT2D eigenvalue weighted by Crippen LogP contribution is -2.27. The van der Waals surface area contributed by atoms with Crippen molar-refractivity contribution < 1.29 is 0 Å². The van der Waals surface area contributed by atoms with Crippen LogP contribution in [0.4, 0.5) is 5.82 Å². The summed E-state index contributed by atoms with van der Waals surface area (Å²) >= 11 is 0. The van der Waals surface area contributed by atoms with Crippen LogP contribution >= 0.6 is 0 Å². The van der Waals surface area contributed by atoms with Crippen LogP contribution in [0.15, 0.2) is 0 Å². The predicted octanol–water partition coefficient (Wildman–Crippen LogP) is 0.209. The first-order chi connectivity index (χ1) is 5.70. The normalized spacial score (nSPS) is 22.3. The molecule has 4 nitrogen and oxygen atoms in total. The SMILES string of the molecule is CC1NCCc2c1nn(C)c2N. The zero-order valence-electron chi connectivity index (χ0n) is 7.46. The van der Waals surface area contributed by atoms with Crippen molar-refractivity contribution in [3.63, 3.8) is 0 Å². The van der Waals surface area contributed by atoms with Crippen LogP contribution < -0.4 is 11.1 Å². The number of nitrogens with two attached hydrogens (primary N) is 1. The van der Waals surface area contributed by atoms with Crippen molar-refractivity contribution in [2.75, 3.05) is 12.3 Å². The van der Waals surface area contributed by atoms with E-state index in [2.05, 4.69) is 17.3 Å². The molecule has 0 spiro atoms. The van der Waals surface area contributed by atoms with Crippen molar-refractivity contribution in [2.45, 2.75) is 19.4 Å². The third-order valence-electron chi connectivity index (χ3n) is 2.46. The number of nitrogen functional groups attached to an aromatic ring is 1. The van der Waals surface area contributed by atoms with Gasteiger partial charge in [0, 0.05) is 18.7 Å². The molecule has 0 fully saturated rings. The summed E-state index contributed by atoms with van der Waals surface area (Å²) in [6, 6.07) is 0.345. The van der Waals surface area contributed by atoms with Gasteiger partial charge in [-0.1, -0.05) is 0 Å². The van der Waals surface area contributed by atoms with Crippen molar-refractivity contribution in [3.05, 3.63) is 11.3 Å². The van der Waals surface area contributed by atoms with Crippen LogP contribution in [0.2, 0.25) is 0 Å². The number of hydrogen-bond donors (Lipinski definition) is 2. The quantitative estimate of drug-likeness (QED) is 0.579. The van der Waals surface area contributed by atoms with Crippen LogP contribution in [-0.2, 0) is 13.5 Å². The Balaban J connectivity index is 2.52. The molecule has 4 heteroatoms. The van der Waals surface area contributed by atoms with Crippen molar-refractivity contribution in [2.24, 2.45) is 7.05 Å². The number of aromatic nitrogens is 2. The highest BCUT2D eigenvalue weighted by Gasteiger charge is 2.22. The summed E-state index contributed by atoms with van der Waals surface area (Å²) in [5, 5.41) is 7.71. The van der Waals surface area contributed by atoms with E-state index in [0.717, 1.165) is 24.5 Å². The molecule has 0 aliphatic carbocycles. The maximum absolute atomic E-state index is 5.86. The molecule has 1 aromatic rings. The third-order valence-corrected chi connectivity index (χ3v) is 2.46. The lowest BCUT2D eigenvalue weighted by molar-refractivity contribution is 0.525. The average Bonchev–Trinajstić information content (AvgIpc) is 2.32. The summed E-state index contributed by atoms with van der Waals surface area (Å²) in [5.74, 6) is 0.818. The van der Waals surface area contributed by atoms with E-state index in [4.69, 9.17) is 5.73 Å². The van der Waals surface area contributed by atoms with E-state index in [9.17, 15) is 0 Å². The van der Waals surface area contributed by atoms with Gasteiger partial charge in [-0.05, 0) is 19.9 Å². The second kappa shape index (κ2) is 2.48. The molecule has 66 valence electrons. The third kappa shape index (κ3) is 0.914. The van der Waals surface area contributed by atoms with E-state index >= 15 is 0 Å². The maximum atomic E-state index is 5.86. The predicted molar refractivity (Wildman–Crippen MR) is 47.7 cm³/mol. The van der Waals surface area contributed by atoms with Crippen LogP contribution in [0.5, 0.6) is 0 Å². The highest BCUT2D eigenvalue weighted by Crippen LogP contribution is 2.25. The fourth-order valence-corrected chi connectivity index (χ4v) is 1.72. The minimum absolute atomic E-state index is 0.345. The summed E-state index contributed by atoms with van der Waals surface area (Å²) in [7, 11) is 1.89. The van der Waals surface area contributed by atoms with Gasteiger partial charge in [0.05, 0.1) is 5.69 Å². The molecular formula is C8H14N4.